The van der Waals surface area contributed by atoms with Gasteiger partial charge in [-0.1, -0.05) is 43.3 Å². The molecule has 5 atom stereocenters. The Bertz CT molecular complexity index is 1020. The number of nitrogens with one attached hydrogen (secondary N) is 1. The lowest BCUT2D eigenvalue weighted by Gasteiger charge is -2.43. The highest BCUT2D eigenvalue weighted by Gasteiger charge is 2.40. The molecular weight excluding hydrogens is 466 g/mol. The third-order valence-electron chi connectivity index (χ3n) is 8.21. The number of aliphatic hydroxyl groups is 1. The van der Waals surface area contributed by atoms with Crippen LogP contribution in [0.5, 0.6) is 0 Å². The molecule has 3 fully saturated rings. The Morgan fingerprint density at radius 2 is 1.65 bits per heavy atom. The van der Waals surface area contributed by atoms with Gasteiger partial charge in [0.25, 0.3) is 0 Å². The summed E-state index contributed by atoms with van der Waals surface area (Å²) in [7, 11) is 0. The van der Waals surface area contributed by atoms with Crippen LogP contribution in [0.1, 0.15) is 68.6 Å². The van der Waals surface area contributed by atoms with Crippen LogP contribution in [-0.4, -0.2) is 65.7 Å². The highest BCUT2D eigenvalue weighted by atomic mass is 16.7. The molecule has 2 aromatic rings. The van der Waals surface area contributed by atoms with Crippen molar-refractivity contribution in [2.45, 2.75) is 70.7 Å². The van der Waals surface area contributed by atoms with Gasteiger partial charge in [-0.2, -0.15) is 0 Å². The smallest absolute Gasteiger partial charge is 0.221 e. The van der Waals surface area contributed by atoms with Crippen molar-refractivity contribution in [2.75, 3.05) is 38.0 Å². The minimum Gasteiger partial charge on any atom is -0.392 e. The molecule has 3 heterocycles. The van der Waals surface area contributed by atoms with Crippen LogP contribution in [0.15, 0.2) is 48.5 Å². The fourth-order valence-corrected chi connectivity index (χ4v) is 6.09. The quantitative estimate of drug-likeness (QED) is 0.549. The summed E-state index contributed by atoms with van der Waals surface area (Å²) in [5.74, 6) is 0.0789. The largest absolute Gasteiger partial charge is 0.392 e. The van der Waals surface area contributed by atoms with E-state index >= 15 is 0 Å². The van der Waals surface area contributed by atoms with E-state index in [1.54, 1.807) is 0 Å². The van der Waals surface area contributed by atoms with Crippen LogP contribution >= 0.6 is 0 Å². The molecule has 7 nitrogen and oxygen atoms in total. The lowest BCUT2D eigenvalue weighted by molar-refractivity contribution is -0.276. The van der Waals surface area contributed by atoms with Crippen LogP contribution in [0.3, 0.4) is 0 Å². The Labute approximate surface area is 220 Å². The maximum atomic E-state index is 11.4. The summed E-state index contributed by atoms with van der Waals surface area (Å²) in [4.78, 5) is 16.7. The average molecular weight is 508 g/mol. The van der Waals surface area contributed by atoms with Crippen molar-refractivity contribution in [1.29, 1.82) is 0 Å². The van der Waals surface area contributed by atoms with Gasteiger partial charge in [0.15, 0.2) is 6.29 Å². The number of hydrogen-bond donors (Lipinski definition) is 2. The number of carbonyl (C=O) groups excluding carboxylic acids is 1. The Kier molecular flexibility index (Phi) is 8.57. The van der Waals surface area contributed by atoms with Gasteiger partial charge in [0, 0.05) is 43.2 Å². The Hall–Kier alpha value is -2.29. The Morgan fingerprint density at radius 1 is 0.946 bits per heavy atom. The fourth-order valence-electron chi connectivity index (χ4n) is 6.09. The van der Waals surface area contributed by atoms with Crippen LogP contribution in [0.2, 0.25) is 0 Å². The number of carbonyl (C=O) groups is 1. The average Bonchev–Trinajstić information content (AvgIpc) is 3.58. The summed E-state index contributed by atoms with van der Waals surface area (Å²) in [6.07, 6.45) is 4.57. The van der Waals surface area contributed by atoms with Crippen molar-refractivity contribution in [2.24, 2.45) is 5.92 Å². The summed E-state index contributed by atoms with van der Waals surface area (Å²) in [6, 6.07) is 16.4. The van der Waals surface area contributed by atoms with Gasteiger partial charge in [-0.3, -0.25) is 9.69 Å². The lowest BCUT2D eigenvalue weighted by Crippen LogP contribution is -2.48. The second kappa shape index (κ2) is 12.0. The monoisotopic (exact) mass is 507 g/mol. The molecular formula is C30H41N3O4. The summed E-state index contributed by atoms with van der Waals surface area (Å²) >= 11 is 0. The second-order valence-corrected chi connectivity index (χ2v) is 10.9. The van der Waals surface area contributed by atoms with Gasteiger partial charge in [-0.15, -0.1) is 0 Å². The van der Waals surface area contributed by atoms with Crippen molar-refractivity contribution in [3.8, 4) is 0 Å². The highest BCUT2D eigenvalue weighted by molar-refractivity contribution is 5.88. The van der Waals surface area contributed by atoms with E-state index < -0.39 is 6.29 Å². The maximum absolute atomic E-state index is 11.4. The Morgan fingerprint density at radius 3 is 2.32 bits per heavy atom. The first-order valence-corrected chi connectivity index (χ1v) is 13.8. The van der Waals surface area contributed by atoms with Crippen molar-refractivity contribution >= 4 is 11.6 Å². The molecule has 0 radical (unpaired) electrons. The summed E-state index contributed by atoms with van der Waals surface area (Å²) in [6.45, 7) is 9.42. The van der Waals surface area contributed by atoms with E-state index in [1.165, 1.54) is 45.7 Å². The number of hydrogen-bond acceptors (Lipinski definition) is 6. The van der Waals surface area contributed by atoms with Gasteiger partial charge in [-0.25, -0.2) is 0 Å². The third kappa shape index (κ3) is 6.41. The molecule has 3 saturated heterocycles. The second-order valence-electron chi connectivity index (χ2n) is 10.9. The van der Waals surface area contributed by atoms with Crippen LogP contribution in [0.4, 0.5) is 5.69 Å². The number of anilines is 1. The predicted octanol–water partition coefficient (Wildman–Crippen LogP) is 4.49. The fraction of sp³-hybridized carbons (Fsp3) is 0.567. The van der Waals surface area contributed by atoms with E-state index in [2.05, 4.69) is 34.2 Å². The van der Waals surface area contributed by atoms with Crippen molar-refractivity contribution in [1.82, 2.24) is 9.80 Å². The molecule has 2 aromatic carbocycles. The molecule has 0 unspecified atom stereocenters. The van der Waals surface area contributed by atoms with E-state index in [0.717, 1.165) is 42.0 Å². The zero-order valence-corrected chi connectivity index (χ0v) is 22.1. The SMILES string of the molecule is CC(=O)Nc1ccc([C@@H]2O[C@H](CN3CCC[C@H]3CN3CCCC3)[C@H](C)[C@H](c3ccc(CO)cc3)O2)cc1. The Balaban J connectivity index is 1.35. The van der Waals surface area contributed by atoms with Gasteiger partial charge in [0.2, 0.25) is 5.91 Å². The molecule has 200 valence electrons. The van der Waals surface area contributed by atoms with Gasteiger partial charge in [-0.05, 0) is 68.6 Å². The minimum atomic E-state index is -0.491. The molecule has 0 aliphatic carbocycles. The van der Waals surface area contributed by atoms with E-state index in [-0.39, 0.29) is 30.6 Å². The zero-order chi connectivity index (χ0) is 25.8. The van der Waals surface area contributed by atoms with E-state index in [0.29, 0.717) is 6.04 Å². The molecule has 5 rings (SSSR count). The van der Waals surface area contributed by atoms with Crippen molar-refractivity contribution in [3.05, 3.63) is 65.2 Å². The summed E-state index contributed by atoms with van der Waals surface area (Å²) in [5, 5.41) is 12.3. The number of benzene rings is 2. The molecule has 0 bridgehead atoms. The normalized spacial score (nSPS) is 29.0. The van der Waals surface area contributed by atoms with Gasteiger partial charge in [0.1, 0.15) is 0 Å². The number of ether oxygens (including phenoxy) is 2. The lowest BCUT2D eigenvalue weighted by atomic mass is 9.90. The van der Waals surface area contributed by atoms with E-state index in [9.17, 15) is 9.90 Å². The first-order valence-electron chi connectivity index (χ1n) is 13.8. The number of rotatable bonds is 8. The molecule has 2 N–H and O–H groups in total. The van der Waals surface area contributed by atoms with Gasteiger partial charge >= 0.3 is 0 Å². The summed E-state index contributed by atoms with van der Waals surface area (Å²) < 4.78 is 13.3. The molecule has 37 heavy (non-hydrogen) atoms. The number of nitrogens with zero attached hydrogens (tertiary/aromatic N) is 2. The first kappa shape index (κ1) is 26.3. The van der Waals surface area contributed by atoms with Gasteiger partial charge in [0.05, 0.1) is 18.8 Å². The van der Waals surface area contributed by atoms with E-state index in [4.69, 9.17) is 9.47 Å². The standard InChI is InChI=1S/C30H41N3O4/c1-21-28(19-33-17-5-6-27(33)18-32-15-3-4-16-32)36-30(25-11-13-26(14-12-25)31-22(2)35)37-29(21)24-9-7-23(20-34)8-10-24/h7-14,21,27-30,34H,3-6,15-20H2,1-2H3,(H,31,35)/t21-,27-,28+,29+,30+/m0/s1. The topological polar surface area (TPSA) is 74.3 Å². The van der Waals surface area contributed by atoms with Crippen molar-refractivity contribution in [3.63, 3.8) is 0 Å². The molecule has 1 amide bonds. The molecule has 0 saturated carbocycles. The minimum absolute atomic E-state index is 0.0236. The predicted molar refractivity (Wildman–Crippen MR) is 144 cm³/mol. The molecule has 0 spiro atoms. The summed E-state index contributed by atoms with van der Waals surface area (Å²) in [5.41, 5.74) is 3.70. The molecule has 0 aromatic heterocycles. The van der Waals surface area contributed by atoms with Crippen LogP contribution in [0.25, 0.3) is 0 Å². The van der Waals surface area contributed by atoms with Crippen LogP contribution in [0, 0.1) is 5.92 Å². The number of likely N-dealkylation sites (tertiary alicyclic amines) is 2. The number of amides is 1. The molecule has 3 aliphatic heterocycles. The van der Waals surface area contributed by atoms with Crippen LogP contribution < -0.4 is 5.32 Å². The number of aliphatic hydroxyl groups excluding tert-OH is 1. The van der Waals surface area contributed by atoms with E-state index in [1.807, 2.05) is 36.4 Å². The van der Waals surface area contributed by atoms with Crippen LogP contribution in [-0.2, 0) is 20.9 Å². The molecule has 3 aliphatic rings. The molecule has 7 heteroatoms. The van der Waals surface area contributed by atoms with Crippen molar-refractivity contribution < 1.29 is 19.4 Å². The van der Waals surface area contributed by atoms with Gasteiger partial charge < -0.3 is 24.8 Å². The first-order chi connectivity index (χ1) is 18.0. The maximum Gasteiger partial charge on any atom is 0.221 e. The third-order valence-corrected chi connectivity index (χ3v) is 8.21. The zero-order valence-electron chi connectivity index (χ0n) is 22.1. The highest BCUT2D eigenvalue weighted by Crippen LogP contribution is 2.42.